The highest BCUT2D eigenvalue weighted by Crippen LogP contribution is 2.43. The second kappa shape index (κ2) is 7.14. The van der Waals surface area contributed by atoms with E-state index in [2.05, 4.69) is 0 Å². The minimum absolute atomic E-state index is 0.00822. The molecule has 29 heavy (non-hydrogen) atoms. The first kappa shape index (κ1) is 19.9. The summed E-state index contributed by atoms with van der Waals surface area (Å²) in [5.41, 5.74) is -0.220. The molecule has 1 aliphatic heterocycles. The summed E-state index contributed by atoms with van der Waals surface area (Å²) in [4.78, 5) is 13.3. The second-order valence-corrected chi connectivity index (χ2v) is 9.24. The van der Waals surface area contributed by atoms with Crippen LogP contribution in [0.5, 0.6) is 5.75 Å². The van der Waals surface area contributed by atoms with E-state index in [4.69, 9.17) is 11.6 Å². The van der Waals surface area contributed by atoms with Gasteiger partial charge in [-0.05, 0) is 48.9 Å². The average Bonchev–Trinajstić information content (AvgIpc) is 3.42. The third kappa shape index (κ3) is 3.76. The molecule has 1 heterocycles. The van der Waals surface area contributed by atoms with Crippen LogP contribution in [0.3, 0.4) is 0 Å². The molecule has 10 heteroatoms. The Kier molecular flexibility index (Phi) is 4.90. The summed E-state index contributed by atoms with van der Waals surface area (Å²) in [6, 6.07) is 3.92. The number of hydrogen-bond donors (Lipinski definition) is 2. The molecule has 154 valence electrons. The minimum atomic E-state index is -4.51. The van der Waals surface area contributed by atoms with Crippen molar-refractivity contribution in [3.05, 3.63) is 52.0 Å². The number of rotatable bonds is 5. The minimum Gasteiger partial charge on any atom is -0.505 e. The molecule has 1 saturated carbocycles. The number of benzene rings is 2. The van der Waals surface area contributed by atoms with Crippen molar-refractivity contribution >= 4 is 33.2 Å². The second-order valence-electron chi connectivity index (χ2n) is 7.18. The zero-order chi connectivity index (χ0) is 20.9. The summed E-state index contributed by atoms with van der Waals surface area (Å²) >= 11 is 5.93. The molecule has 2 N–H and O–H groups in total. The molecule has 0 radical (unpaired) electrons. The van der Waals surface area contributed by atoms with Gasteiger partial charge in [0.25, 0.3) is 15.9 Å². The number of phenols is 1. The van der Waals surface area contributed by atoms with Crippen LogP contribution < -0.4 is 4.72 Å². The van der Waals surface area contributed by atoms with E-state index in [1.807, 2.05) is 4.72 Å². The molecule has 0 atom stereocenters. The molecular formula is C19H17ClF2N2O4S. The molecule has 0 spiro atoms. The van der Waals surface area contributed by atoms with Gasteiger partial charge in [-0.3, -0.25) is 9.52 Å². The Morgan fingerprint density at radius 2 is 1.83 bits per heavy atom. The average molecular weight is 443 g/mol. The Morgan fingerprint density at radius 3 is 2.41 bits per heavy atom. The van der Waals surface area contributed by atoms with Crippen molar-refractivity contribution in [3.63, 3.8) is 0 Å². The molecule has 2 fully saturated rings. The lowest BCUT2D eigenvalue weighted by molar-refractivity contribution is 0.0651. The van der Waals surface area contributed by atoms with Crippen molar-refractivity contribution in [2.24, 2.45) is 0 Å². The Bertz CT molecular complexity index is 1120. The number of carbonyl (C=O) groups excluding carboxylic acids is 1. The fraction of sp³-hybridized carbons (Fsp3) is 0.316. The van der Waals surface area contributed by atoms with Gasteiger partial charge in [0.2, 0.25) is 0 Å². The number of carbonyl (C=O) groups is 1. The van der Waals surface area contributed by atoms with Crippen molar-refractivity contribution in [1.82, 2.24) is 4.90 Å². The van der Waals surface area contributed by atoms with Crippen molar-refractivity contribution < 1.29 is 27.1 Å². The number of aromatic hydroxyl groups is 1. The molecule has 2 aromatic rings. The summed E-state index contributed by atoms with van der Waals surface area (Å²) in [6.07, 6.45) is 2.33. The summed E-state index contributed by atoms with van der Waals surface area (Å²) in [5.74, 6) is -3.07. The lowest BCUT2D eigenvalue weighted by atomic mass is 10.1. The molecule has 1 aliphatic carbocycles. The molecule has 2 aromatic carbocycles. The Morgan fingerprint density at radius 1 is 1.14 bits per heavy atom. The van der Waals surface area contributed by atoms with Gasteiger partial charge >= 0.3 is 0 Å². The van der Waals surface area contributed by atoms with E-state index in [1.165, 1.54) is 11.0 Å². The number of likely N-dealkylation sites (tertiary alicyclic amines) is 1. The molecule has 0 unspecified atom stereocenters. The van der Waals surface area contributed by atoms with E-state index < -0.39 is 43.9 Å². The summed E-state index contributed by atoms with van der Waals surface area (Å²) in [5, 5.41) is 9.84. The van der Waals surface area contributed by atoms with Crippen LogP contribution in [-0.2, 0) is 10.0 Å². The number of anilines is 1. The number of nitrogens with zero attached hydrogens (tertiary/aromatic N) is 1. The maximum absolute atomic E-state index is 14.2. The highest BCUT2D eigenvalue weighted by atomic mass is 35.5. The fourth-order valence-electron chi connectivity index (χ4n) is 3.15. The number of amides is 1. The zero-order valence-corrected chi connectivity index (χ0v) is 16.7. The molecular weight excluding hydrogens is 426 g/mol. The Hall–Kier alpha value is -2.39. The van der Waals surface area contributed by atoms with Crippen LogP contribution in [0.15, 0.2) is 29.2 Å². The Balaban J connectivity index is 1.71. The van der Waals surface area contributed by atoms with Gasteiger partial charge in [0.1, 0.15) is 16.5 Å². The normalized spacial score (nSPS) is 16.4. The quantitative estimate of drug-likeness (QED) is 0.736. The van der Waals surface area contributed by atoms with Crippen LogP contribution in [0, 0.1) is 11.6 Å². The van der Waals surface area contributed by atoms with Crippen molar-refractivity contribution in [2.75, 3.05) is 17.8 Å². The molecule has 2 aliphatic rings. The van der Waals surface area contributed by atoms with E-state index in [0.29, 0.717) is 19.2 Å². The van der Waals surface area contributed by atoms with E-state index >= 15 is 0 Å². The smallest absolute Gasteiger partial charge is 0.265 e. The van der Waals surface area contributed by atoms with Gasteiger partial charge in [-0.2, -0.15) is 0 Å². The van der Waals surface area contributed by atoms with Crippen LogP contribution in [0.2, 0.25) is 5.02 Å². The molecule has 6 nitrogen and oxygen atoms in total. The number of halogens is 3. The molecule has 4 rings (SSSR count). The standard InChI is InChI=1S/C19H17ClF2N2O4S/c20-13-6-11(19(26)24-4-1-5-24)7-17(18(13)25)29(27,28)23-16-8-12(10-2-3-10)14(21)9-15(16)22/h6-10,23,25H,1-5H2. The number of phenolic OH excluding ortho intramolecular Hbond substituents is 1. The van der Waals surface area contributed by atoms with Crippen molar-refractivity contribution in [3.8, 4) is 5.75 Å². The van der Waals surface area contributed by atoms with Gasteiger partial charge in [0, 0.05) is 24.7 Å². The lowest BCUT2D eigenvalue weighted by Crippen LogP contribution is -2.42. The lowest BCUT2D eigenvalue weighted by Gasteiger charge is -2.31. The first-order valence-electron chi connectivity index (χ1n) is 9.01. The molecule has 1 amide bonds. The SMILES string of the molecule is O=C(c1cc(Cl)c(O)c(S(=O)(=O)Nc2cc(C3CC3)c(F)cc2F)c1)N1CCC1. The number of nitrogens with one attached hydrogen (secondary N) is 1. The van der Waals surface area contributed by atoms with Crippen LogP contribution in [0.1, 0.15) is 41.1 Å². The van der Waals surface area contributed by atoms with Gasteiger partial charge < -0.3 is 10.0 Å². The molecule has 0 aromatic heterocycles. The first-order chi connectivity index (χ1) is 13.7. The summed E-state index contributed by atoms with van der Waals surface area (Å²) in [7, 11) is -4.51. The first-order valence-corrected chi connectivity index (χ1v) is 10.9. The summed E-state index contributed by atoms with van der Waals surface area (Å²) in [6.45, 7) is 1.09. The van der Waals surface area contributed by atoms with E-state index in [9.17, 15) is 27.1 Å². The third-order valence-corrected chi connectivity index (χ3v) is 6.72. The van der Waals surface area contributed by atoms with Gasteiger partial charge in [-0.1, -0.05) is 11.6 Å². The highest BCUT2D eigenvalue weighted by molar-refractivity contribution is 7.92. The zero-order valence-electron chi connectivity index (χ0n) is 15.1. The van der Waals surface area contributed by atoms with Crippen LogP contribution in [-0.4, -0.2) is 37.4 Å². The van der Waals surface area contributed by atoms with E-state index in [0.717, 1.165) is 31.4 Å². The van der Waals surface area contributed by atoms with Gasteiger partial charge in [0.15, 0.2) is 5.75 Å². The maximum atomic E-state index is 14.2. The van der Waals surface area contributed by atoms with Crippen LogP contribution in [0.25, 0.3) is 0 Å². The maximum Gasteiger partial charge on any atom is 0.265 e. The monoisotopic (exact) mass is 442 g/mol. The number of sulfonamides is 1. The predicted octanol–water partition coefficient (Wildman–Crippen LogP) is 3.85. The summed E-state index contributed by atoms with van der Waals surface area (Å²) < 4.78 is 55.8. The van der Waals surface area contributed by atoms with Gasteiger partial charge in [-0.25, -0.2) is 17.2 Å². The molecule has 1 saturated heterocycles. The van der Waals surface area contributed by atoms with Crippen molar-refractivity contribution in [2.45, 2.75) is 30.1 Å². The van der Waals surface area contributed by atoms with E-state index in [1.54, 1.807) is 0 Å². The van der Waals surface area contributed by atoms with E-state index in [-0.39, 0.29) is 22.1 Å². The fourth-order valence-corrected chi connectivity index (χ4v) is 4.63. The van der Waals surface area contributed by atoms with Crippen molar-refractivity contribution in [1.29, 1.82) is 0 Å². The topological polar surface area (TPSA) is 86.7 Å². The highest BCUT2D eigenvalue weighted by Gasteiger charge is 2.30. The molecule has 0 bridgehead atoms. The largest absolute Gasteiger partial charge is 0.505 e. The van der Waals surface area contributed by atoms with Gasteiger partial charge in [0.05, 0.1) is 10.7 Å². The van der Waals surface area contributed by atoms with Crippen LogP contribution in [0.4, 0.5) is 14.5 Å². The predicted molar refractivity (Wildman–Crippen MR) is 103 cm³/mol. The Labute approximate surface area is 171 Å². The number of hydrogen-bond acceptors (Lipinski definition) is 4. The third-order valence-electron chi connectivity index (χ3n) is 5.06. The van der Waals surface area contributed by atoms with Gasteiger partial charge in [-0.15, -0.1) is 0 Å². The van der Waals surface area contributed by atoms with Crippen LogP contribution >= 0.6 is 11.6 Å².